The maximum absolute atomic E-state index is 12.1. The van der Waals surface area contributed by atoms with E-state index in [1.165, 1.54) is 12.1 Å². The van der Waals surface area contributed by atoms with E-state index < -0.39 is 7.82 Å². The third-order valence-corrected chi connectivity index (χ3v) is 4.44. The van der Waals surface area contributed by atoms with E-state index in [1.807, 2.05) is 19.1 Å². The number of benzene rings is 1. The number of nitrogens with one attached hydrogen (secondary N) is 1. The first kappa shape index (κ1) is 15.0. The van der Waals surface area contributed by atoms with Crippen LogP contribution >= 0.6 is 19.2 Å². The standard InChI is InChI=1S/C14H12NO5PS/c1-8-2-4-10(22-8)7-12-11-6-9(20-21(17,18)19)3-5-13(11)15-14(12)16/h2-7H,1H3,(H,15,16)(H2,17,18,19). The van der Waals surface area contributed by atoms with Gasteiger partial charge in [0.05, 0.1) is 5.57 Å². The van der Waals surface area contributed by atoms with Crippen LogP contribution in [0.4, 0.5) is 5.69 Å². The Labute approximate surface area is 130 Å². The predicted molar refractivity (Wildman–Crippen MR) is 84.7 cm³/mol. The fraction of sp³-hybridized carbons (Fsp3) is 0.0714. The van der Waals surface area contributed by atoms with Gasteiger partial charge in [-0.3, -0.25) is 14.6 Å². The minimum absolute atomic E-state index is 0.0110. The highest BCUT2D eigenvalue weighted by Crippen LogP contribution is 2.41. The second kappa shape index (κ2) is 5.37. The number of thiophene rings is 1. The second-order valence-corrected chi connectivity index (χ2v) is 7.23. The van der Waals surface area contributed by atoms with Crippen LogP contribution in [0.5, 0.6) is 5.75 Å². The molecule has 0 spiro atoms. The van der Waals surface area contributed by atoms with Gasteiger partial charge in [0.1, 0.15) is 5.75 Å². The molecule has 1 amide bonds. The van der Waals surface area contributed by atoms with Crippen LogP contribution in [0.2, 0.25) is 0 Å². The van der Waals surface area contributed by atoms with Crippen molar-refractivity contribution in [3.05, 3.63) is 45.6 Å². The van der Waals surface area contributed by atoms with Crippen molar-refractivity contribution in [1.29, 1.82) is 0 Å². The molecule has 114 valence electrons. The quantitative estimate of drug-likeness (QED) is 0.591. The van der Waals surface area contributed by atoms with Gasteiger partial charge in [0.25, 0.3) is 5.91 Å². The Hall–Kier alpha value is -1.92. The SMILES string of the molecule is Cc1ccc(C=C2C(=O)Nc3ccc(OP(=O)(O)O)cc32)s1. The van der Waals surface area contributed by atoms with Gasteiger partial charge in [-0.2, -0.15) is 0 Å². The Kier molecular flexibility index (Phi) is 3.66. The Bertz CT molecular complexity index is 836. The molecular formula is C14H12NO5PS. The summed E-state index contributed by atoms with van der Waals surface area (Å²) < 4.78 is 15.5. The molecule has 6 nitrogen and oxygen atoms in total. The van der Waals surface area contributed by atoms with Crippen molar-refractivity contribution in [2.75, 3.05) is 5.32 Å². The largest absolute Gasteiger partial charge is 0.524 e. The minimum Gasteiger partial charge on any atom is -0.404 e. The van der Waals surface area contributed by atoms with Crippen LogP contribution in [0, 0.1) is 6.92 Å². The minimum atomic E-state index is -4.63. The number of phosphoric ester groups is 1. The lowest BCUT2D eigenvalue weighted by Gasteiger charge is -2.08. The number of carbonyl (C=O) groups is 1. The van der Waals surface area contributed by atoms with Gasteiger partial charge in [-0.25, -0.2) is 4.57 Å². The predicted octanol–water partition coefficient (Wildman–Crippen LogP) is 3.02. The van der Waals surface area contributed by atoms with Crippen molar-refractivity contribution < 1.29 is 23.7 Å². The summed E-state index contributed by atoms with van der Waals surface area (Å²) >= 11 is 1.55. The second-order valence-electron chi connectivity index (χ2n) is 4.75. The van der Waals surface area contributed by atoms with Crippen LogP contribution in [-0.4, -0.2) is 15.7 Å². The van der Waals surface area contributed by atoms with Gasteiger partial charge < -0.3 is 9.84 Å². The number of hydrogen-bond donors (Lipinski definition) is 3. The zero-order chi connectivity index (χ0) is 15.9. The van der Waals surface area contributed by atoms with Crippen LogP contribution in [0.15, 0.2) is 30.3 Å². The maximum atomic E-state index is 12.1. The van der Waals surface area contributed by atoms with Gasteiger partial charge in [0.2, 0.25) is 0 Å². The van der Waals surface area contributed by atoms with Gasteiger partial charge in [-0.15, -0.1) is 11.3 Å². The van der Waals surface area contributed by atoms with Crippen molar-refractivity contribution in [3.8, 4) is 5.75 Å². The first-order chi connectivity index (χ1) is 10.3. The van der Waals surface area contributed by atoms with Crippen LogP contribution in [0.1, 0.15) is 15.3 Å². The zero-order valence-corrected chi connectivity index (χ0v) is 13.1. The van der Waals surface area contributed by atoms with Gasteiger partial charge in [0.15, 0.2) is 0 Å². The lowest BCUT2D eigenvalue weighted by molar-refractivity contribution is -0.110. The van der Waals surface area contributed by atoms with E-state index in [4.69, 9.17) is 9.79 Å². The summed E-state index contributed by atoms with van der Waals surface area (Å²) in [5, 5.41) is 2.71. The molecule has 0 unspecified atom stereocenters. The van der Waals surface area contributed by atoms with Crippen molar-refractivity contribution in [2.45, 2.75) is 6.92 Å². The van der Waals surface area contributed by atoms with E-state index >= 15 is 0 Å². The Morgan fingerprint density at radius 1 is 1.27 bits per heavy atom. The number of carbonyl (C=O) groups excluding carboxylic acids is 1. The van der Waals surface area contributed by atoms with Crippen LogP contribution in [0.3, 0.4) is 0 Å². The molecule has 3 rings (SSSR count). The molecule has 2 aromatic rings. The number of anilines is 1. The normalized spacial score (nSPS) is 15.8. The molecule has 0 bridgehead atoms. The lowest BCUT2D eigenvalue weighted by Crippen LogP contribution is -2.03. The highest BCUT2D eigenvalue weighted by atomic mass is 32.1. The molecule has 1 aliphatic rings. The summed E-state index contributed by atoms with van der Waals surface area (Å²) in [5.41, 5.74) is 1.58. The van der Waals surface area contributed by atoms with Crippen molar-refractivity contribution in [3.63, 3.8) is 0 Å². The zero-order valence-electron chi connectivity index (χ0n) is 11.4. The summed E-state index contributed by atoms with van der Waals surface area (Å²) in [5.74, 6) is -0.244. The van der Waals surface area contributed by atoms with Gasteiger partial charge in [-0.1, -0.05) is 0 Å². The summed E-state index contributed by atoms with van der Waals surface area (Å²) in [4.78, 5) is 31.9. The summed E-state index contributed by atoms with van der Waals surface area (Å²) in [7, 11) is -4.63. The topological polar surface area (TPSA) is 95.9 Å². The molecular weight excluding hydrogens is 325 g/mol. The number of phosphoric acid groups is 1. The maximum Gasteiger partial charge on any atom is 0.524 e. The van der Waals surface area contributed by atoms with E-state index in [9.17, 15) is 9.36 Å². The smallest absolute Gasteiger partial charge is 0.404 e. The first-order valence-electron chi connectivity index (χ1n) is 6.31. The number of hydrogen-bond acceptors (Lipinski definition) is 4. The number of rotatable bonds is 3. The van der Waals surface area contributed by atoms with Crippen molar-refractivity contribution in [1.82, 2.24) is 0 Å². The van der Waals surface area contributed by atoms with E-state index in [0.717, 1.165) is 9.75 Å². The Morgan fingerprint density at radius 3 is 2.68 bits per heavy atom. The molecule has 3 N–H and O–H groups in total. The Morgan fingerprint density at radius 2 is 2.05 bits per heavy atom. The van der Waals surface area contributed by atoms with E-state index in [1.54, 1.807) is 23.5 Å². The molecule has 22 heavy (non-hydrogen) atoms. The van der Waals surface area contributed by atoms with Crippen LogP contribution < -0.4 is 9.84 Å². The lowest BCUT2D eigenvalue weighted by atomic mass is 10.1. The molecule has 1 aromatic heterocycles. The molecule has 1 aliphatic heterocycles. The molecule has 0 saturated carbocycles. The first-order valence-corrected chi connectivity index (χ1v) is 8.65. The summed E-state index contributed by atoms with van der Waals surface area (Å²) in [6.45, 7) is 1.97. The fourth-order valence-corrected chi connectivity index (χ4v) is 3.39. The third-order valence-electron chi connectivity index (χ3n) is 3.05. The molecule has 0 radical (unpaired) electrons. The highest BCUT2D eigenvalue weighted by Gasteiger charge is 2.26. The van der Waals surface area contributed by atoms with Gasteiger partial charge >= 0.3 is 7.82 Å². The third kappa shape index (κ3) is 3.13. The van der Waals surface area contributed by atoms with E-state index in [-0.39, 0.29) is 11.7 Å². The number of aryl methyl sites for hydroxylation is 1. The number of fused-ring (bicyclic) bond motifs is 1. The van der Waals surface area contributed by atoms with Crippen molar-refractivity contribution in [2.24, 2.45) is 0 Å². The van der Waals surface area contributed by atoms with Gasteiger partial charge in [-0.05, 0) is 43.3 Å². The van der Waals surface area contributed by atoms with Crippen molar-refractivity contribution >= 4 is 42.4 Å². The summed E-state index contributed by atoms with van der Waals surface area (Å²) in [6, 6.07) is 8.26. The summed E-state index contributed by atoms with van der Waals surface area (Å²) in [6.07, 6.45) is 1.75. The molecule has 8 heteroatoms. The molecule has 0 saturated heterocycles. The fourth-order valence-electron chi connectivity index (χ4n) is 2.18. The average molecular weight is 337 g/mol. The molecule has 0 aliphatic carbocycles. The van der Waals surface area contributed by atoms with E-state index in [2.05, 4.69) is 9.84 Å². The Balaban J connectivity index is 2.02. The van der Waals surface area contributed by atoms with Gasteiger partial charge in [0, 0.05) is 21.0 Å². The molecule has 0 atom stereocenters. The van der Waals surface area contributed by atoms with E-state index in [0.29, 0.717) is 16.8 Å². The molecule has 2 heterocycles. The monoisotopic (exact) mass is 337 g/mol. The number of amides is 1. The molecule has 0 fully saturated rings. The average Bonchev–Trinajstić information content (AvgIpc) is 2.93. The molecule has 1 aromatic carbocycles. The van der Waals surface area contributed by atoms with Crippen LogP contribution in [-0.2, 0) is 9.36 Å². The highest BCUT2D eigenvalue weighted by molar-refractivity contribution is 7.46. The van der Waals surface area contributed by atoms with Crippen LogP contribution in [0.25, 0.3) is 11.6 Å².